The van der Waals surface area contributed by atoms with Crippen LogP contribution in [0.5, 0.6) is 17.2 Å². The number of rotatable bonds is 12. The summed E-state index contributed by atoms with van der Waals surface area (Å²) in [5.74, 6) is 2.05. The van der Waals surface area contributed by atoms with Crippen molar-refractivity contribution >= 4 is 11.8 Å². The van der Waals surface area contributed by atoms with E-state index in [2.05, 4.69) is 12.2 Å². The number of unbranched alkanes of at least 4 members (excludes halogenated alkanes) is 1. The zero-order valence-corrected chi connectivity index (χ0v) is 20.5. The second kappa shape index (κ2) is 12.9. The monoisotopic (exact) mass is 468 g/mol. The average molecular weight is 469 g/mol. The number of carbonyl (C=O) groups excluding carboxylic acids is 2. The van der Waals surface area contributed by atoms with Crippen molar-refractivity contribution in [2.45, 2.75) is 58.5 Å². The molecule has 184 valence electrons. The van der Waals surface area contributed by atoms with Crippen LogP contribution in [0.3, 0.4) is 0 Å². The van der Waals surface area contributed by atoms with Gasteiger partial charge in [0.2, 0.25) is 11.8 Å². The molecule has 0 fully saturated rings. The second-order valence-corrected chi connectivity index (χ2v) is 8.42. The van der Waals surface area contributed by atoms with Crippen LogP contribution in [0.1, 0.15) is 50.7 Å². The van der Waals surface area contributed by atoms with E-state index in [4.69, 9.17) is 14.2 Å². The van der Waals surface area contributed by atoms with Gasteiger partial charge < -0.3 is 24.4 Å². The van der Waals surface area contributed by atoms with Gasteiger partial charge in [-0.15, -0.1) is 0 Å². The molecular formula is C27H36N2O5. The Morgan fingerprint density at radius 3 is 2.41 bits per heavy atom. The predicted octanol–water partition coefficient (Wildman–Crippen LogP) is 4.12. The molecule has 2 aromatic carbocycles. The lowest BCUT2D eigenvalue weighted by Crippen LogP contribution is -2.49. The van der Waals surface area contributed by atoms with Crippen LogP contribution in [0, 0.1) is 0 Å². The van der Waals surface area contributed by atoms with Crippen LogP contribution in [0.4, 0.5) is 0 Å². The Kier molecular flexibility index (Phi) is 9.62. The molecule has 0 aromatic heterocycles. The number of carbonyl (C=O) groups is 2. The molecule has 2 aromatic rings. The molecule has 1 unspecified atom stereocenters. The first-order chi connectivity index (χ1) is 16.5. The number of methoxy groups -OCH3 is 1. The van der Waals surface area contributed by atoms with Gasteiger partial charge in [-0.1, -0.05) is 38.5 Å². The van der Waals surface area contributed by atoms with Crippen molar-refractivity contribution in [3.05, 3.63) is 53.6 Å². The summed E-state index contributed by atoms with van der Waals surface area (Å²) in [6, 6.07) is 12.9. The van der Waals surface area contributed by atoms with Gasteiger partial charge in [0.05, 0.1) is 7.11 Å². The van der Waals surface area contributed by atoms with Gasteiger partial charge in [0, 0.05) is 19.5 Å². The number of nitrogens with zero attached hydrogens (tertiary/aromatic N) is 1. The molecule has 3 rings (SSSR count). The van der Waals surface area contributed by atoms with E-state index in [0.29, 0.717) is 51.3 Å². The van der Waals surface area contributed by atoms with Crippen LogP contribution in [-0.4, -0.2) is 49.6 Å². The smallest absolute Gasteiger partial charge is 0.242 e. The Morgan fingerprint density at radius 1 is 1.03 bits per heavy atom. The Balaban J connectivity index is 1.73. The molecule has 0 spiro atoms. The summed E-state index contributed by atoms with van der Waals surface area (Å²) < 4.78 is 16.5. The van der Waals surface area contributed by atoms with E-state index in [1.807, 2.05) is 49.4 Å². The predicted molar refractivity (Wildman–Crippen MR) is 131 cm³/mol. The number of hydrogen-bond acceptors (Lipinski definition) is 5. The highest BCUT2D eigenvalue weighted by Gasteiger charge is 2.28. The van der Waals surface area contributed by atoms with Gasteiger partial charge in [-0.3, -0.25) is 9.59 Å². The summed E-state index contributed by atoms with van der Waals surface area (Å²) in [6.07, 6.45) is 3.32. The van der Waals surface area contributed by atoms with E-state index in [9.17, 15) is 9.59 Å². The highest BCUT2D eigenvalue weighted by molar-refractivity contribution is 5.87. The Labute approximate surface area is 202 Å². The van der Waals surface area contributed by atoms with E-state index in [1.54, 1.807) is 12.0 Å². The van der Waals surface area contributed by atoms with E-state index in [0.717, 1.165) is 35.5 Å². The first-order valence-electron chi connectivity index (χ1n) is 12.1. The van der Waals surface area contributed by atoms with Crippen LogP contribution < -0.4 is 19.5 Å². The standard InChI is InChI=1S/C27H36N2O5/c1-4-6-15-28-27(31)23(5-2)29(19-21-7-11-22(32-3)12-8-21)26(30)14-10-20-9-13-24-25(18-20)34-17-16-33-24/h7-9,11-13,18,23H,4-6,10,14-17,19H2,1-3H3,(H,28,31). The Morgan fingerprint density at radius 2 is 1.74 bits per heavy atom. The van der Waals surface area contributed by atoms with E-state index in [-0.39, 0.29) is 11.8 Å². The SMILES string of the molecule is CCCCNC(=O)C(CC)N(Cc1ccc(OC)cc1)C(=O)CCc1ccc2c(c1)OCCO2. The summed E-state index contributed by atoms with van der Waals surface area (Å²) in [6.45, 7) is 6.08. The molecule has 7 heteroatoms. The van der Waals surface area contributed by atoms with Crippen LogP contribution in [-0.2, 0) is 22.6 Å². The molecule has 0 aliphatic carbocycles. The lowest BCUT2D eigenvalue weighted by molar-refractivity contribution is -0.141. The molecule has 0 saturated heterocycles. The van der Waals surface area contributed by atoms with Crippen LogP contribution in [0.25, 0.3) is 0 Å². The van der Waals surface area contributed by atoms with Crippen molar-refractivity contribution in [1.29, 1.82) is 0 Å². The zero-order chi connectivity index (χ0) is 24.3. The Bertz CT molecular complexity index is 945. The minimum Gasteiger partial charge on any atom is -0.497 e. The average Bonchev–Trinajstić information content (AvgIpc) is 2.87. The lowest BCUT2D eigenvalue weighted by Gasteiger charge is -2.31. The van der Waals surface area contributed by atoms with Gasteiger partial charge in [0.15, 0.2) is 11.5 Å². The van der Waals surface area contributed by atoms with Crippen molar-refractivity contribution in [3.63, 3.8) is 0 Å². The molecule has 7 nitrogen and oxygen atoms in total. The van der Waals surface area contributed by atoms with E-state index < -0.39 is 6.04 Å². The van der Waals surface area contributed by atoms with Gasteiger partial charge >= 0.3 is 0 Å². The zero-order valence-electron chi connectivity index (χ0n) is 20.5. The van der Waals surface area contributed by atoms with Gasteiger partial charge in [-0.05, 0) is 54.7 Å². The third kappa shape index (κ3) is 6.89. The van der Waals surface area contributed by atoms with E-state index >= 15 is 0 Å². The summed E-state index contributed by atoms with van der Waals surface area (Å²) in [5.41, 5.74) is 1.95. The van der Waals surface area contributed by atoms with E-state index in [1.165, 1.54) is 0 Å². The van der Waals surface area contributed by atoms with Crippen LogP contribution >= 0.6 is 0 Å². The third-order valence-corrected chi connectivity index (χ3v) is 5.96. The first kappa shape index (κ1) is 25.4. The molecule has 1 atom stereocenters. The van der Waals surface area contributed by atoms with Crippen LogP contribution in [0.15, 0.2) is 42.5 Å². The Hall–Kier alpha value is -3.22. The summed E-state index contributed by atoms with van der Waals surface area (Å²) >= 11 is 0. The van der Waals surface area contributed by atoms with Crippen LogP contribution in [0.2, 0.25) is 0 Å². The maximum absolute atomic E-state index is 13.4. The minimum absolute atomic E-state index is 0.0526. The molecule has 2 amide bonds. The summed E-state index contributed by atoms with van der Waals surface area (Å²) in [7, 11) is 1.62. The number of nitrogens with one attached hydrogen (secondary N) is 1. The lowest BCUT2D eigenvalue weighted by atomic mass is 10.1. The first-order valence-corrected chi connectivity index (χ1v) is 12.1. The molecule has 34 heavy (non-hydrogen) atoms. The largest absolute Gasteiger partial charge is 0.497 e. The number of aryl methyl sites for hydroxylation is 1. The van der Waals surface area contributed by atoms with Crippen molar-refractivity contribution in [3.8, 4) is 17.2 Å². The summed E-state index contributed by atoms with van der Waals surface area (Å²) in [4.78, 5) is 28.1. The molecular weight excluding hydrogens is 432 g/mol. The van der Waals surface area contributed by atoms with Crippen molar-refractivity contribution in [1.82, 2.24) is 10.2 Å². The maximum Gasteiger partial charge on any atom is 0.242 e. The molecule has 1 aliphatic rings. The third-order valence-electron chi connectivity index (χ3n) is 5.96. The van der Waals surface area contributed by atoms with Gasteiger partial charge in [-0.25, -0.2) is 0 Å². The normalized spacial score (nSPS) is 13.1. The fourth-order valence-electron chi connectivity index (χ4n) is 3.99. The molecule has 0 saturated carbocycles. The number of fused-ring (bicyclic) bond motifs is 1. The highest BCUT2D eigenvalue weighted by atomic mass is 16.6. The molecule has 0 radical (unpaired) electrons. The fraction of sp³-hybridized carbons (Fsp3) is 0.481. The topological polar surface area (TPSA) is 77.1 Å². The van der Waals surface area contributed by atoms with Crippen molar-refractivity contribution in [2.75, 3.05) is 26.9 Å². The number of hydrogen-bond donors (Lipinski definition) is 1. The van der Waals surface area contributed by atoms with Gasteiger partial charge in [0.1, 0.15) is 25.0 Å². The number of benzene rings is 2. The molecule has 1 N–H and O–H groups in total. The summed E-state index contributed by atoms with van der Waals surface area (Å²) in [5, 5.41) is 3.00. The van der Waals surface area contributed by atoms with Crippen molar-refractivity contribution in [2.24, 2.45) is 0 Å². The van der Waals surface area contributed by atoms with Crippen molar-refractivity contribution < 1.29 is 23.8 Å². The van der Waals surface area contributed by atoms with Gasteiger partial charge in [0.25, 0.3) is 0 Å². The maximum atomic E-state index is 13.4. The number of amides is 2. The highest BCUT2D eigenvalue weighted by Crippen LogP contribution is 2.31. The van der Waals surface area contributed by atoms with Gasteiger partial charge in [-0.2, -0.15) is 0 Å². The second-order valence-electron chi connectivity index (χ2n) is 8.42. The molecule has 0 bridgehead atoms. The molecule has 1 aliphatic heterocycles. The molecule has 1 heterocycles. The quantitative estimate of drug-likeness (QED) is 0.474. The number of ether oxygens (including phenoxy) is 3. The minimum atomic E-state index is -0.522. The fourth-order valence-corrected chi connectivity index (χ4v) is 3.99.